The molecule has 3 rings (SSSR count). The molecule has 144 valence electrons. The van der Waals surface area contributed by atoms with Gasteiger partial charge in [-0.1, -0.05) is 84.9 Å². The number of benzene rings is 3. The summed E-state index contributed by atoms with van der Waals surface area (Å²) in [6, 6.07) is 28.9. The summed E-state index contributed by atoms with van der Waals surface area (Å²) >= 11 is 0. The summed E-state index contributed by atoms with van der Waals surface area (Å²) in [7, 11) is 1.79. The molecule has 0 amide bonds. The second kappa shape index (κ2) is 10.9. The lowest BCUT2D eigenvalue weighted by molar-refractivity contribution is 0.106. The van der Waals surface area contributed by atoms with Crippen molar-refractivity contribution >= 4 is 5.96 Å². The van der Waals surface area contributed by atoms with Crippen molar-refractivity contribution in [2.45, 2.75) is 26.3 Å². The number of hydrogen-bond donors (Lipinski definition) is 2. The smallest absolute Gasteiger partial charge is 0.191 e. The molecule has 0 aliphatic rings. The summed E-state index contributed by atoms with van der Waals surface area (Å²) in [6.07, 6.45) is 0. The van der Waals surface area contributed by atoms with Crippen molar-refractivity contribution in [3.8, 4) is 0 Å². The Morgan fingerprint density at radius 1 is 0.679 bits per heavy atom. The van der Waals surface area contributed by atoms with Gasteiger partial charge in [0.2, 0.25) is 0 Å². The maximum absolute atomic E-state index is 5.91. The van der Waals surface area contributed by atoms with Gasteiger partial charge in [0, 0.05) is 20.1 Å². The van der Waals surface area contributed by atoms with Gasteiger partial charge in [-0.05, 0) is 22.3 Å². The van der Waals surface area contributed by atoms with Gasteiger partial charge in [-0.25, -0.2) is 0 Å². The van der Waals surface area contributed by atoms with Crippen molar-refractivity contribution in [2.75, 3.05) is 7.05 Å². The van der Waals surface area contributed by atoms with Crippen LogP contribution in [0.25, 0.3) is 0 Å². The molecule has 0 spiro atoms. The second-order valence-electron chi connectivity index (χ2n) is 6.51. The van der Waals surface area contributed by atoms with Gasteiger partial charge in [-0.15, -0.1) is 0 Å². The van der Waals surface area contributed by atoms with Crippen molar-refractivity contribution < 1.29 is 4.74 Å². The summed E-state index contributed by atoms with van der Waals surface area (Å²) in [5.74, 6) is 0.781. The topological polar surface area (TPSA) is 45.7 Å². The Balaban J connectivity index is 1.50. The molecule has 0 aliphatic carbocycles. The number of nitrogens with one attached hydrogen (secondary N) is 2. The van der Waals surface area contributed by atoms with Crippen LogP contribution in [0, 0.1) is 0 Å². The lowest BCUT2D eigenvalue weighted by Crippen LogP contribution is -2.36. The van der Waals surface area contributed by atoms with Crippen LogP contribution in [-0.2, 0) is 31.0 Å². The third-order valence-electron chi connectivity index (χ3n) is 4.46. The maximum atomic E-state index is 5.91. The molecule has 0 bridgehead atoms. The van der Waals surface area contributed by atoms with E-state index in [0.717, 1.165) is 12.5 Å². The van der Waals surface area contributed by atoms with Gasteiger partial charge in [-0.3, -0.25) is 4.99 Å². The highest BCUT2D eigenvalue weighted by Crippen LogP contribution is 2.11. The monoisotopic (exact) mass is 373 g/mol. The van der Waals surface area contributed by atoms with E-state index in [1.807, 2.05) is 42.5 Å². The van der Waals surface area contributed by atoms with Crippen LogP contribution in [0.15, 0.2) is 89.9 Å². The van der Waals surface area contributed by atoms with Gasteiger partial charge in [0.15, 0.2) is 5.96 Å². The Morgan fingerprint density at radius 2 is 1.25 bits per heavy atom. The largest absolute Gasteiger partial charge is 0.372 e. The average molecular weight is 374 g/mol. The van der Waals surface area contributed by atoms with Crippen LogP contribution in [-0.4, -0.2) is 13.0 Å². The lowest BCUT2D eigenvalue weighted by atomic mass is 10.1. The third-order valence-corrected chi connectivity index (χ3v) is 4.46. The minimum absolute atomic E-state index is 0.586. The van der Waals surface area contributed by atoms with Crippen LogP contribution >= 0.6 is 0 Å². The van der Waals surface area contributed by atoms with E-state index in [2.05, 4.69) is 58.1 Å². The minimum Gasteiger partial charge on any atom is -0.372 e. The van der Waals surface area contributed by atoms with E-state index >= 15 is 0 Å². The van der Waals surface area contributed by atoms with Gasteiger partial charge in [0.05, 0.1) is 13.2 Å². The van der Waals surface area contributed by atoms with Crippen LogP contribution < -0.4 is 10.6 Å². The van der Waals surface area contributed by atoms with E-state index in [9.17, 15) is 0 Å². The molecular formula is C24H27N3O. The number of guanidine groups is 1. The van der Waals surface area contributed by atoms with Crippen LogP contribution in [0.5, 0.6) is 0 Å². The zero-order chi connectivity index (χ0) is 19.4. The number of aliphatic imine (C=N–C) groups is 1. The molecule has 0 fully saturated rings. The second-order valence-corrected chi connectivity index (χ2v) is 6.51. The van der Waals surface area contributed by atoms with Crippen molar-refractivity contribution in [2.24, 2.45) is 4.99 Å². The molecule has 0 heterocycles. The fourth-order valence-corrected chi connectivity index (χ4v) is 2.91. The zero-order valence-electron chi connectivity index (χ0n) is 16.3. The molecule has 0 saturated carbocycles. The van der Waals surface area contributed by atoms with Crippen molar-refractivity contribution in [1.82, 2.24) is 10.6 Å². The van der Waals surface area contributed by atoms with Gasteiger partial charge in [-0.2, -0.15) is 0 Å². The highest BCUT2D eigenvalue weighted by Gasteiger charge is 2.04. The standard InChI is InChI=1S/C24H27N3O/c1-25-24(26-16-20-10-4-2-5-11-20)27-17-22-14-8-9-15-23(22)19-28-18-21-12-6-3-7-13-21/h2-15H,16-19H2,1H3,(H2,25,26,27). The summed E-state index contributed by atoms with van der Waals surface area (Å²) < 4.78 is 5.91. The van der Waals surface area contributed by atoms with Gasteiger partial charge in [0.1, 0.15) is 0 Å². The Hall–Kier alpha value is -3.11. The van der Waals surface area contributed by atoms with Crippen LogP contribution in [0.4, 0.5) is 0 Å². The predicted octanol–water partition coefficient (Wildman–Crippen LogP) is 4.27. The van der Waals surface area contributed by atoms with Crippen LogP contribution in [0.3, 0.4) is 0 Å². The first-order valence-electron chi connectivity index (χ1n) is 9.52. The Kier molecular flexibility index (Phi) is 7.65. The van der Waals surface area contributed by atoms with E-state index in [1.54, 1.807) is 7.05 Å². The number of nitrogens with zero attached hydrogens (tertiary/aromatic N) is 1. The van der Waals surface area contributed by atoms with Crippen LogP contribution in [0.2, 0.25) is 0 Å². The van der Waals surface area contributed by atoms with Crippen molar-refractivity contribution in [3.05, 3.63) is 107 Å². The predicted molar refractivity (Wildman–Crippen MR) is 115 cm³/mol. The van der Waals surface area contributed by atoms with Gasteiger partial charge >= 0.3 is 0 Å². The highest BCUT2D eigenvalue weighted by molar-refractivity contribution is 5.79. The molecule has 28 heavy (non-hydrogen) atoms. The molecule has 0 radical (unpaired) electrons. The zero-order valence-corrected chi connectivity index (χ0v) is 16.3. The Morgan fingerprint density at radius 3 is 1.93 bits per heavy atom. The van der Waals surface area contributed by atoms with Gasteiger partial charge < -0.3 is 15.4 Å². The normalized spacial score (nSPS) is 11.2. The van der Waals surface area contributed by atoms with E-state index in [1.165, 1.54) is 22.3 Å². The molecule has 3 aromatic rings. The molecule has 0 aliphatic heterocycles. The Bertz CT molecular complexity index is 863. The SMILES string of the molecule is CN=C(NCc1ccccc1)NCc1ccccc1COCc1ccccc1. The summed E-state index contributed by atoms with van der Waals surface area (Å²) in [5.41, 5.74) is 4.80. The van der Waals surface area contributed by atoms with E-state index < -0.39 is 0 Å². The third kappa shape index (κ3) is 6.25. The molecule has 0 saturated heterocycles. The lowest BCUT2D eigenvalue weighted by Gasteiger charge is -2.14. The summed E-state index contributed by atoms with van der Waals surface area (Å²) in [4.78, 5) is 4.31. The fraction of sp³-hybridized carbons (Fsp3) is 0.208. The summed E-state index contributed by atoms with van der Waals surface area (Å²) in [5, 5.41) is 6.74. The van der Waals surface area contributed by atoms with E-state index in [0.29, 0.717) is 19.8 Å². The minimum atomic E-state index is 0.586. The number of ether oxygens (including phenoxy) is 1. The molecule has 2 N–H and O–H groups in total. The quantitative estimate of drug-likeness (QED) is 0.458. The van der Waals surface area contributed by atoms with Crippen molar-refractivity contribution in [1.29, 1.82) is 0 Å². The molecule has 0 atom stereocenters. The molecular weight excluding hydrogens is 346 g/mol. The van der Waals surface area contributed by atoms with E-state index in [4.69, 9.17) is 4.74 Å². The summed E-state index contributed by atoms with van der Waals surface area (Å²) in [6.45, 7) is 2.63. The first-order chi connectivity index (χ1) is 13.8. The molecule has 0 unspecified atom stereocenters. The highest BCUT2D eigenvalue weighted by atomic mass is 16.5. The maximum Gasteiger partial charge on any atom is 0.191 e. The van der Waals surface area contributed by atoms with Gasteiger partial charge in [0.25, 0.3) is 0 Å². The average Bonchev–Trinajstić information content (AvgIpc) is 2.76. The fourth-order valence-electron chi connectivity index (χ4n) is 2.91. The molecule has 4 nitrogen and oxygen atoms in total. The van der Waals surface area contributed by atoms with Crippen LogP contribution in [0.1, 0.15) is 22.3 Å². The molecule has 0 aromatic heterocycles. The Labute approximate surface area is 167 Å². The van der Waals surface area contributed by atoms with E-state index in [-0.39, 0.29) is 0 Å². The first-order valence-corrected chi connectivity index (χ1v) is 9.52. The van der Waals surface area contributed by atoms with Crippen molar-refractivity contribution in [3.63, 3.8) is 0 Å². The molecule has 4 heteroatoms. The number of rotatable bonds is 8. The number of hydrogen-bond acceptors (Lipinski definition) is 2. The first kappa shape index (κ1) is 19.6. The molecule has 3 aromatic carbocycles.